The van der Waals surface area contributed by atoms with Gasteiger partial charge >= 0.3 is 7.69 Å². The molecule has 1 N–H and O–H groups in total. The molecule has 0 fully saturated rings. The van der Waals surface area contributed by atoms with Crippen molar-refractivity contribution < 1.29 is 9.68 Å². The molecule has 0 bridgehead atoms. The summed E-state index contributed by atoms with van der Waals surface area (Å²) in [6, 6.07) is 7.30. The van der Waals surface area contributed by atoms with Gasteiger partial charge in [0.1, 0.15) is 5.75 Å². The molecular weight excluding hydrogens is 195 g/mol. The molecule has 2 nitrogen and oxygen atoms in total. The van der Waals surface area contributed by atoms with Gasteiger partial charge in [0.15, 0.2) is 0 Å². The van der Waals surface area contributed by atoms with Crippen LogP contribution in [0.2, 0.25) is 0 Å². The Morgan fingerprint density at radius 3 is 2.90 bits per heavy atom. The summed E-state index contributed by atoms with van der Waals surface area (Å²) in [4.78, 5) is 0. The van der Waals surface area contributed by atoms with Gasteiger partial charge in [-0.1, -0.05) is 22.0 Å². The third-order valence-corrected chi connectivity index (χ3v) is 1.52. The van der Waals surface area contributed by atoms with Crippen LogP contribution >= 0.6 is 15.9 Å². The Morgan fingerprint density at radius 1 is 1.50 bits per heavy atom. The zero-order valence-corrected chi connectivity index (χ0v) is 6.84. The highest BCUT2D eigenvalue weighted by Crippen LogP contribution is 2.16. The van der Waals surface area contributed by atoms with Gasteiger partial charge in [-0.25, -0.2) is 0 Å². The Labute approximate surface area is 68.3 Å². The molecule has 0 aromatic heterocycles. The molecule has 0 saturated carbocycles. The summed E-state index contributed by atoms with van der Waals surface area (Å²) in [5.74, 6) is 0.664. The second-order valence-corrected chi connectivity index (χ2v) is 2.65. The molecule has 0 saturated heterocycles. The maximum atomic E-state index is 8.37. The quantitative estimate of drug-likeness (QED) is 0.725. The van der Waals surface area contributed by atoms with E-state index in [2.05, 4.69) is 15.9 Å². The van der Waals surface area contributed by atoms with E-state index in [0.29, 0.717) is 5.75 Å². The van der Waals surface area contributed by atoms with E-state index in [0.717, 1.165) is 4.47 Å². The number of hydrogen-bond acceptors (Lipinski definition) is 2. The summed E-state index contributed by atoms with van der Waals surface area (Å²) in [5, 5.41) is 8.37. The van der Waals surface area contributed by atoms with Gasteiger partial charge in [-0.3, -0.25) is 0 Å². The van der Waals surface area contributed by atoms with Crippen LogP contribution in [0.4, 0.5) is 0 Å². The molecule has 10 heavy (non-hydrogen) atoms. The van der Waals surface area contributed by atoms with E-state index in [-0.39, 0.29) is 7.69 Å². The largest absolute Gasteiger partial charge is 0.539 e. The van der Waals surface area contributed by atoms with Crippen molar-refractivity contribution in [1.82, 2.24) is 0 Å². The third-order valence-electron chi connectivity index (χ3n) is 1.03. The minimum absolute atomic E-state index is 0.281. The minimum atomic E-state index is -0.281. The first-order valence-electron chi connectivity index (χ1n) is 2.82. The summed E-state index contributed by atoms with van der Waals surface area (Å²) in [6.45, 7) is 0. The lowest BCUT2D eigenvalue weighted by Crippen LogP contribution is -1.98. The highest BCUT2D eigenvalue weighted by atomic mass is 79.9. The molecule has 0 aliphatic rings. The van der Waals surface area contributed by atoms with Crippen LogP contribution in [-0.2, 0) is 0 Å². The first-order chi connectivity index (χ1) is 4.83. The standard InChI is InChI=1S/C6H6BBrO2/c8-5-2-1-3-6(4-5)10-7-9/h1-4,7,9H. The molecular formula is C6H6BBrO2. The van der Waals surface area contributed by atoms with Crippen LogP contribution < -0.4 is 4.65 Å². The lowest BCUT2D eigenvalue weighted by molar-refractivity contribution is 0.453. The average Bonchev–Trinajstić information content (AvgIpc) is 1.88. The van der Waals surface area contributed by atoms with E-state index in [1.165, 1.54) is 0 Å². The molecule has 0 radical (unpaired) electrons. The summed E-state index contributed by atoms with van der Waals surface area (Å²) >= 11 is 3.27. The normalized spacial score (nSPS) is 9.00. The van der Waals surface area contributed by atoms with Crippen LogP contribution in [0.25, 0.3) is 0 Å². The van der Waals surface area contributed by atoms with Crippen LogP contribution in [0, 0.1) is 0 Å². The van der Waals surface area contributed by atoms with Crippen molar-refractivity contribution in [2.45, 2.75) is 0 Å². The number of hydrogen-bond donors (Lipinski definition) is 1. The highest BCUT2D eigenvalue weighted by Gasteiger charge is 1.92. The molecule has 0 unspecified atom stereocenters. The SMILES string of the molecule is OBOc1cccc(Br)c1. The molecule has 0 atom stereocenters. The van der Waals surface area contributed by atoms with Gasteiger partial charge < -0.3 is 9.68 Å². The fourth-order valence-electron chi connectivity index (χ4n) is 0.631. The number of benzene rings is 1. The fourth-order valence-corrected chi connectivity index (χ4v) is 1.01. The van der Waals surface area contributed by atoms with Gasteiger partial charge in [-0.15, -0.1) is 0 Å². The van der Waals surface area contributed by atoms with Crippen molar-refractivity contribution in [2.24, 2.45) is 0 Å². The molecule has 0 heterocycles. The number of halogens is 1. The number of rotatable bonds is 2. The second kappa shape index (κ2) is 3.63. The summed E-state index contributed by atoms with van der Waals surface area (Å²) < 4.78 is 5.76. The molecule has 1 rings (SSSR count). The average molecular weight is 201 g/mol. The van der Waals surface area contributed by atoms with Crippen LogP contribution in [-0.4, -0.2) is 12.7 Å². The van der Waals surface area contributed by atoms with Gasteiger partial charge in [0.2, 0.25) is 0 Å². The molecule has 1 aromatic rings. The predicted octanol–water partition coefficient (Wildman–Crippen LogP) is 1.09. The second-order valence-electron chi connectivity index (χ2n) is 1.73. The molecule has 0 spiro atoms. The van der Waals surface area contributed by atoms with Gasteiger partial charge in [0.05, 0.1) is 0 Å². The van der Waals surface area contributed by atoms with Gasteiger partial charge in [-0.2, -0.15) is 0 Å². The monoisotopic (exact) mass is 200 g/mol. The Balaban J connectivity index is 2.75. The van der Waals surface area contributed by atoms with E-state index >= 15 is 0 Å². The zero-order chi connectivity index (χ0) is 7.40. The van der Waals surface area contributed by atoms with E-state index in [1.807, 2.05) is 12.1 Å². The maximum absolute atomic E-state index is 8.37. The minimum Gasteiger partial charge on any atom is -0.539 e. The Morgan fingerprint density at radius 2 is 2.30 bits per heavy atom. The topological polar surface area (TPSA) is 29.5 Å². The highest BCUT2D eigenvalue weighted by molar-refractivity contribution is 9.10. The van der Waals surface area contributed by atoms with E-state index < -0.39 is 0 Å². The Kier molecular flexibility index (Phi) is 2.77. The summed E-state index contributed by atoms with van der Waals surface area (Å²) in [5.41, 5.74) is 0. The maximum Gasteiger partial charge on any atom is 0.504 e. The lowest BCUT2D eigenvalue weighted by atomic mass is 10.3. The Hall–Kier alpha value is -0.475. The first-order valence-corrected chi connectivity index (χ1v) is 3.61. The van der Waals surface area contributed by atoms with Crippen molar-refractivity contribution in [1.29, 1.82) is 0 Å². The van der Waals surface area contributed by atoms with Crippen molar-refractivity contribution in [3.8, 4) is 5.75 Å². The van der Waals surface area contributed by atoms with E-state index in [4.69, 9.17) is 9.68 Å². The van der Waals surface area contributed by atoms with Crippen molar-refractivity contribution >= 4 is 23.6 Å². The van der Waals surface area contributed by atoms with Crippen LogP contribution in [0.3, 0.4) is 0 Å². The van der Waals surface area contributed by atoms with Crippen molar-refractivity contribution in [3.05, 3.63) is 28.7 Å². The fraction of sp³-hybridized carbons (Fsp3) is 0. The first kappa shape index (κ1) is 7.63. The lowest BCUT2D eigenvalue weighted by Gasteiger charge is -1.99. The molecule has 4 heteroatoms. The van der Waals surface area contributed by atoms with Gasteiger partial charge in [0.25, 0.3) is 0 Å². The van der Waals surface area contributed by atoms with Crippen molar-refractivity contribution in [2.75, 3.05) is 0 Å². The smallest absolute Gasteiger partial charge is 0.504 e. The summed E-state index contributed by atoms with van der Waals surface area (Å²) in [7, 11) is -0.281. The zero-order valence-electron chi connectivity index (χ0n) is 5.25. The third kappa shape index (κ3) is 2.04. The predicted molar refractivity (Wildman–Crippen MR) is 44.1 cm³/mol. The van der Waals surface area contributed by atoms with Gasteiger partial charge in [-0.05, 0) is 18.2 Å². The molecule has 0 aliphatic carbocycles. The van der Waals surface area contributed by atoms with Crippen LogP contribution in [0.1, 0.15) is 0 Å². The van der Waals surface area contributed by atoms with Gasteiger partial charge in [0, 0.05) is 4.47 Å². The van der Waals surface area contributed by atoms with E-state index in [9.17, 15) is 0 Å². The summed E-state index contributed by atoms with van der Waals surface area (Å²) in [6.07, 6.45) is 0. The molecule has 52 valence electrons. The van der Waals surface area contributed by atoms with Crippen LogP contribution in [0.15, 0.2) is 28.7 Å². The van der Waals surface area contributed by atoms with Crippen molar-refractivity contribution in [3.63, 3.8) is 0 Å². The van der Waals surface area contributed by atoms with E-state index in [1.54, 1.807) is 12.1 Å². The molecule has 1 aromatic carbocycles. The molecule has 0 aliphatic heterocycles. The Bertz CT molecular complexity index is 217. The molecule has 0 amide bonds. The van der Waals surface area contributed by atoms with Crippen LogP contribution in [0.5, 0.6) is 5.75 Å².